The lowest BCUT2D eigenvalue weighted by Crippen LogP contribution is -2.10. The van der Waals surface area contributed by atoms with Gasteiger partial charge in [0, 0.05) is 19.3 Å². The molecule has 0 unspecified atom stereocenters. The number of hydrogen-bond donors (Lipinski definition) is 2. The van der Waals surface area contributed by atoms with Gasteiger partial charge in [-0.3, -0.25) is 0 Å². The van der Waals surface area contributed by atoms with Crippen LogP contribution in [0.2, 0.25) is 0 Å². The van der Waals surface area contributed by atoms with Crippen molar-refractivity contribution in [2.24, 2.45) is 0 Å². The van der Waals surface area contributed by atoms with E-state index >= 15 is 0 Å². The molecule has 8 heteroatoms. The van der Waals surface area contributed by atoms with Crippen LogP contribution in [0.3, 0.4) is 0 Å². The molecule has 0 aliphatic rings. The summed E-state index contributed by atoms with van der Waals surface area (Å²) in [4.78, 5) is 15.9. The van der Waals surface area contributed by atoms with E-state index in [4.69, 9.17) is 9.47 Å². The van der Waals surface area contributed by atoms with Gasteiger partial charge in [0.15, 0.2) is 5.82 Å². The maximum atomic E-state index is 11.6. The molecule has 0 fully saturated rings. The molecule has 0 radical (unpaired) electrons. The minimum atomic E-state index is -0.346. The van der Waals surface area contributed by atoms with E-state index in [0.29, 0.717) is 37.1 Å². The summed E-state index contributed by atoms with van der Waals surface area (Å²) < 4.78 is 9.89. The Morgan fingerprint density at radius 1 is 1.26 bits per heavy atom. The van der Waals surface area contributed by atoms with Gasteiger partial charge in [-0.2, -0.15) is 10.1 Å². The van der Waals surface area contributed by atoms with Crippen molar-refractivity contribution in [3.05, 3.63) is 36.0 Å². The van der Waals surface area contributed by atoms with Crippen LogP contribution in [-0.4, -0.2) is 48.0 Å². The summed E-state index contributed by atoms with van der Waals surface area (Å²) in [5, 5.41) is 13.9. The molecule has 2 rings (SSSR count). The van der Waals surface area contributed by atoms with E-state index in [1.165, 1.54) is 6.20 Å². The lowest BCUT2D eigenvalue weighted by Gasteiger charge is -2.08. The SMILES string of the molecule is CCOC(=O)c1ccc(Nc2nncc(NCCOC)n2)cc1. The zero-order valence-corrected chi connectivity index (χ0v) is 13.1. The highest BCUT2D eigenvalue weighted by Crippen LogP contribution is 2.15. The number of benzene rings is 1. The molecule has 122 valence electrons. The molecule has 1 heterocycles. The van der Waals surface area contributed by atoms with Crippen molar-refractivity contribution in [2.45, 2.75) is 6.92 Å². The first-order chi connectivity index (χ1) is 11.2. The zero-order valence-electron chi connectivity index (χ0n) is 13.1. The molecule has 2 aromatic rings. The maximum Gasteiger partial charge on any atom is 0.338 e. The first-order valence-electron chi connectivity index (χ1n) is 7.19. The van der Waals surface area contributed by atoms with Crippen LogP contribution in [0.4, 0.5) is 17.5 Å². The van der Waals surface area contributed by atoms with Crippen LogP contribution in [-0.2, 0) is 9.47 Å². The van der Waals surface area contributed by atoms with Gasteiger partial charge < -0.3 is 20.1 Å². The van der Waals surface area contributed by atoms with Crippen molar-refractivity contribution < 1.29 is 14.3 Å². The van der Waals surface area contributed by atoms with E-state index in [2.05, 4.69) is 25.8 Å². The molecule has 0 saturated heterocycles. The Morgan fingerprint density at radius 2 is 2.04 bits per heavy atom. The smallest absolute Gasteiger partial charge is 0.338 e. The average Bonchev–Trinajstić information content (AvgIpc) is 2.56. The second-order valence-electron chi connectivity index (χ2n) is 4.51. The van der Waals surface area contributed by atoms with E-state index < -0.39 is 0 Å². The Morgan fingerprint density at radius 3 is 2.74 bits per heavy atom. The molecular formula is C15H19N5O3. The molecule has 8 nitrogen and oxygen atoms in total. The number of rotatable bonds is 8. The first kappa shape index (κ1) is 16.6. The number of esters is 1. The Labute approximate surface area is 134 Å². The Balaban J connectivity index is 1.98. The highest BCUT2D eigenvalue weighted by Gasteiger charge is 2.06. The Hall–Kier alpha value is -2.74. The summed E-state index contributed by atoms with van der Waals surface area (Å²) in [6.07, 6.45) is 1.53. The summed E-state index contributed by atoms with van der Waals surface area (Å²) >= 11 is 0. The van der Waals surface area contributed by atoms with Crippen molar-refractivity contribution in [1.82, 2.24) is 15.2 Å². The largest absolute Gasteiger partial charge is 0.462 e. The monoisotopic (exact) mass is 317 g/mol. The van der Waals surface area contributed by atoms with Crippen LogP contribution in [0.1, 0.15) is 17.3 Å². The highest BCUT2D eigenvalue weighted by molar-refractivity contribution is 5.89. The Bertz CT molecular complexity index is 633. The summed E-state index contributed by atoms with van der Waals surface area (Å²) in [5.41, 5.74) is 1.24. The van der Waals surface area contributed by atoms with E-state index in [0.717, 1.165) is 5.69 Å². The van der Waals surface area contributed by atoms with Crippen LogP contribution in [0.5, 0.6) is 0 Å². The molecule has 1 aromatic heterocycles. The van der Waals surface area contributed by atoms with Crippen molar-refractivity contribution >= 4 is 23.4 Å². The van der Waals surface area contributed by atoms with Crippen LogP contribution in [0.15, 0.2) is 30.5 Å². The number of carbonyl (C=O) groups is 1. The molecule has 1 aromatic carbocycles. The zero-order chi connectivity index (χ0) is 16.5. The summed E-state index contributed by atoms with van der Waals surface area (Å²) in [6, 6.07) is 6.85. The fraction of sp³-hybridized carbons (Fsp3) is 0.333. The maximum absolute atomic E-state index is 11.6. The van der Waals surface area contributed by atoms with Crippen molar-refractivity contribution in [3.63, 3.8) is 0 Å². The molecule has 0 spiro atoms. The highest BCUT2D eigenvalue weighted by atomic mass is 16.5. The van der Waals surface area contributed by atoms with Gasteiger partial charge in [0.1, 0.15) is 0 Å². The number of nitrogens with zero attached hydrogens (tertiary/aromatic N) is 3. The van der Waals surface area contributed by atoms with Crippen LogP contribution in [0, 0.1) is 0 Å². The molecular weight excluding hydrogens is 298 g/mol. The van der Waals surface area contributed by atoms with E-state index in [-0.39, 0.29) is 5.97 Å². The predicted molar refractivity (Wildman–Crippen MR) is 85.9 cm³/mol. The minimum Gasteiger partial charge on any atom is -0.462 e. The van der Waals surface area contributed by atoms with E-state index in [1.54, 1.807) is 38.3 Å². The second kappa shape index (κ2) is 8.64. The quantitative estimate of drug-likeness (QED) is 0.562. The van der Waals surface area contributed by atoms with Crippen LogP contribution < -0.4 is 10.6 Å². The molecule has 0 amide bonds. The third-order valence-electron chi connectivity index (χ3n) is 2.82. The summed E-state index contributed by atoms with van der Waals surface area (Å²) in [7, 11) is 1.63. The second-order valence-corrected chi connectivity index (χ2v) is 4.51. The van der Waals surface area contributed by atoms with Gasteiger partial charge >= 0.3 is 5.97 Å². The van der Waals surface area contributed by atoms with Crippen molar-refractivity contribution in [1.29, 1.82) is 0 Å². The van der Waals surface area contributed by atoms with Crippen molar-refractivity contribution in [3.8, 4) is 0 Å². The molecule has 0 aliphatic carbocycles. The number of methoxy groups -OCH3 is 1. The minimum absolute atomic E-state index is 0.346. The number of hydrogen-bond acceptors (Lipinski definition) is 8. The van der Waals surface area contributed by atoms with Crippen molar-refractivity contribution in [2.75, 3.05) is 37.5 Å². The predicted octanol–water partition coefficient (Wildman–Crippen LogP) is 1.85. The third-order valence-corrected chi connectivity index (χ3v) is 2.82. The topological polar surface area (TPSA) is 98.3 Å². The van der Waals surface area contributed by atoms with Gasteiger partial charge in [-0.15, -0.1) is 5.10 Å². The lowest BCUT2D eigenvalue weighted by molar-refractivity contribution is 0.0526. The van der Waals surface area contributed by atoms with Gasteiger partial charge in [-0.25, -0.2) is 4.79 Å². The normalized spacial score (nSPS) is 10.2. The number of nitrogens with one attached hydrogen (secondary N) is 2. The molecule has 2 N–H and O–H groups in total. The van der Waals surface area contributed by atoms with Gasteiger partial charge in [-0.1, -0.05) is 0 Å². The Kier molecular flexibility index (Phi) is 6.25. The molecule has 0 atom stereocenters. The molecule has 0 bridgehead atoms. The number of aromatic nitrogens is 3. The van der Waals surface area contributed by atoms with Crippen LogP contribution in [0.25, 0.3) is 0 Å². The summed E-state index contributed by atoms with van der Waals surface area (Å²) in [6.45, 7) is 3.32. The van der Waals surface area contributed by atoms with Gasteiger partial charge in [0.2, 0.25) is 5.95 Å². The van der Waals surface area contributed by atoms with E-state index in [9.17, 15) is 4.79 Å². The fourth-order valence-corrected chi connectivity index (χ4v) is 1.76. The fourth-order valence-electron chi connectivity index (χ4n) is 1.76. The molecule has 0 saturated carbocycles. The van der Waals surface area contributed by atoms with Gasteiger partial charge in [0.25, 0.3) is 0 Å². The molecule has 0 aliphatic heterocycles. The number of anilines is 3. The van der Waals surface area contributed by atoms with Gasteiger partial charge in [0.05, 0.1) is 25.0 Å². The van der Waals surface area contributed by atoms with Gasteiger partial charge in [-0.05, 0) is 31.2 Å². The average molecular weight is 317 g/mol. The number of carbonyl (C=O) groups excluding carboxylic acids is 1. The van der Waals surface area contributed by atoms with E-state index in [1.807, 2.05) is 0 Å². The number of ether oxygens (including phenoxy) is 2. The first-order valence-corrected chi connectivity index (χ1v) is 7.19. The standard InChI is InChI=1S/C15H19N5O3/c1-3-23-14(21)11-4-6-12(7-5-11)18-15-19-13(10-17-20-15)16-8-9-22-2/h4-7,10H,3,8-9H2,1-2H3,(H2,16,18,19,20). The lowest BCUT2D eigenvalue weighted by atomic mass is 10.2. The summed E-state index contributed by atoms with van der Waals surface area (Å²) in [5.74, 6) is 0.611. The molecule has 23 heavy (non-hydrogen) atoms. The third kappa shape index (κ3) is 5.19. The van der Waals surface area contributed by atoms with Crippen LogP contribution >= 0.6 is 0 Å².